The van der Waals surface area contributed by atoms with Gasteiger partial charge in [-0.05, 0) is 19.3 Å². The van der Waals surface area contributed by atoms with Crippen LogP contribution in [0.25, 0.3) is 0 Å². The van der Waals surface area contributed by atoms with Crippen molar-refractivity contribution in [2.75, 3.05) is 6.61 Å². The minimum absolute atomic E-state index is 0. The number of aliphatic carboxylic acids is 1. The van der Waals surface area contributed by atoms with Crippen molar-refractivity contribution in [3.8, 4) is 0 Å². The van der Waals surface area contributed by atoms with Crippen molar-refractivity contribution in [1.82, 2.24) is 0 Å². The van der Waals surface area contributed by atoms with Crippen LogP contribution in [0.3, 0.4) is 0 Å². The molecule has 0 aliphatic heterocycles. The maximum atomic E-state index is 11.5. The fourth-order valence-electron chi connectivity index (χ4n) is 2.00. The van der Waals surface area contributed by atoms with E-state index in [9.17, 15) is 23.1 Å². The van der Waals surface area contributed by atoms with Gasteiger partial charge in [0.25, 0.3) is 10.1 Å². The molecule has 0 saturated heterocycles. The second-order valence-corrected chi connectivity index (χ2v) is 6.90. The number of hydrogen-bond acceptors (Lipinski definition) is 6. The summed E-state index contributed by atoms with van der Waals surface area (Å²) in [5.74, 6) is -3.01. The van der Waals surface area contributed by atoms with E-state index in [1.54, 1.807) is 0 Å². The molecule has 134 valence electrons. The first-order chi connectivity index (χ1) is 10.8. The molecular weight excluding hydrogens is 347 g/mol. The summed E-state index contributed by atoms with van der Waals surface area (Å²) in [6, 6.07) is 0. The van der Waals surface area contributed by atoms with Gasteiger partial charge in [-0.1, -0.05) is 38.2 Å². The van der Waals surface area contributed by atoms with Crippen molar-refractivity contribution >= 4 is 22.1 Å². The predicted molar refractivity (Wildman–Crippen MR) is 83.1 cm³/mol. The van der Waals surface area contributed by atoms with Crippen LogP contribution in [0.1, 0.15) is 57.8 Å². The van der Waals surface area contributed by atoms with Crippen LogP contribution in [0.15, 0.2) is 12.7 Å². The molecule has 0 aromatic carbocycles. The number of ether oxygens (including phenoxy) is 1. The molecule has 0 aromatic rings. The number of unbranched alkanes of at least 4 members (excludes halogenated alkanes) is 7. The van der Waals surface area contributed by atoms with Gasteiger partial charge in [-0.3, -0.25) is 9.35 Å². The Morgan fingerprint density at radius 2 is 1.58 bits per heavy atom. The zero-order valence-corrected chi connectivity index (χ0v) is 17.1. The van der Waals surface area contributed by atoms with Crippen LogP contribution in [-0.2, 0) is 24.4 Å². The summed E-state index contributed by atoms with van der Waals surface area (Å²) in [5, 5.41) is 8.28. The number of carboxylic acid groups (broad SMARTS) is 1. The Balaban J connectivity index is 0. The third-order valence-corrected chi connectivity index (χ3v) is 4.35. The topological polar surface area (TPSA) is 121 Å². The first-order valence-electron chi connectivity index (χ1n) is 7.72. The summed E-state index contributed by atoms with van der Waals surface area (Å²) in [6.45, 7) is 3.65. The number of carbonyl (C=O) groups excluding carboxylic acids is 2. The average Bonchev–Trinajstić information content (AvgIpc) is 2.45. The van der Waals surface area contributed by atoms with Gasteiger partial charge in [-0.25, -0.2) is 0 Å². The van der Waals surface area contributed by atoms with Gasteiger partial charge in [0.05, 0.1) is 6.61 Å². The van der Waals surface area contributed by atoms with Crippen molar-refractivity contribution in [3.05, 3.63) is 12.7 Å². The van der Waals surface area contributed by atoms with Gasteiger partial charge in [0, 0.05) is 12.4 Å². The molecule has 1 atom stereocenters. The zero-order chi connectivity index (χ0) is 17.7. The van der Waals surface area contributed by atoms with Gasteiger partial charge < -0.3 is 14.6 Å². The van der Waals surface area contributed by atoms with Crippen LogP contribution >= 0.6 is 0 Å². The van der Waals surface area contributed by atoms with E-state index >= 15 is 0 Å². The first kappa shape index (κ1) is 25.8. The second-order valence-electron chi connectivity index (χ2n) is 5.30. The van der Waals surface area contributed by atoms with Gasteiger partial charge in [-0.15, -0.1) is 6.58 Å². The van der Waals surface area contributed by atoms with Gasteiger partial charge in [0.2, 0.25) is 0 Å². The number of rotatable bonds is 14. The minimum atomic E-state index is -4.82. The molecule has 0 aliphatic rings. The summed E-state index contributed by atoms with van der Waals surface area (Å²) in [7, 11) is -4.82. The molecule has 7 nitrogen and oxygen atoms in total. The Kier molecular flexibility index (Phi) is 16.0. The molecule has 0 aliphatic carbocycles. The second kappa shape index (κ2) is 14.9. The van der Waals surface area contributed by atoms with Crippen molar-refractivity contribution < 1.29 is 62.0 Å². The van der Waals surface area contributed by atoms with Crippen molar-refractivity contribution in [1.29, 1.82) is 0 Å². The van der Waals surface area contributed by atoms with E-state index in [0.717, 1.165) is 44.9 Å². The fraction of sp³-hybridized carbons (Fsp3) is 0.733. The molecule has 0 amide bonds. The van der Waals surface area contributed by atoms with E-state index in [4.69, 9.17) is 9.29 Å². The standard InChI is InChI=1S/C15H26O7S.Na/c1-2-3-4-5-6-7-8-9-10-11-22-15(18)13(12-14(16)17)23(19,20)21;/h2,13H,1,3-12H2,(H,16,17)(H,19,20,21);/q;+1/p-1. The Bertz CT molecular complexity index is 476. The van der Waals surface area contributed by atoms with Crippen LogP contribution < -0.4 is 34.7 Å². The molecule has 9 heteroatoms. The van der Waals surface area contributed by atoms with E-state index in [1.807, 2.05) is 6.08 Å². The molecule has 1 unspecified atom stereocenters. The molecule has 24 heavy (non-hydrogen) atoms. The molecule has 1 N–H and O–H groups in total. The van der Waals surface area contributed by atoms with Gasteiger partial charge >= 0.3 is 35.5 Å². The third-order valence-electron chi connectivity index (χ3n) is 3.27. The zero-order valence-electron chi connectivity index (χ0n) is 14.2. The minimum Gasteiger partial charge on any atom is -0.550 e. The molecule has 0 bridgehead atoms. The van der Waals surface area contributed by atoms with Crippen LogP contribution in [0.5, 0.6) is 0 Å². The third kappa shape index (κ3) is 14.0. The van der Waals surface area contributed by atoms with Crippen molar-refractivity contribution in [2.24, 2.45) is 0 Å². The largest absolute Gasteiger partial charge is 1.00 e. The Labute approximate surface area is 165 Å². The van der Waals surface area contributed by atoms with Crippen molar-refractivity contribution in [2.45, 2.75) is 63.0 Å². The van der Waals surface area contributed by atoms with Crippen LogP contribution in [0.2, 0.25) is 0 Å². The van der Waals surface area contributed by atoms with Crippen LogP contribution in [-0.4, -0.2) is 36.8 Å². The summed E-state index contributed by atoms with van der Waals surface area (Å²) in [5.41, 5.74) is 0. The Hall–Kier alpha value is -0.410. The summed E-state index contributed by atoms with van der Waals surface area (Å²) >= 11 is 0. The molecule has 0 radical (unpaired) electrons. The average molecular weight is 372 g/mol. The predicted octanol–water partition coefficient (Wildman–Crippen LogP) is -1.76. The number of carbonyl (C=O) groups is 2. The van der Waals surface area contributed by atoms with Crippen molar-refractivity contribution in [3.63, 3.8) is 0 Å². The maximum Gasteiger partial charge on any atom is 1.00 e. The Morgan fingerprint density at radius 3 is 2.04 bits per heavy atom. The molecule has 0 fully saturated rings. The number of esters is 1. The van der Waals surface area contributed by atoms with E-state index in [1.165, 1.54) is 0 Å². The monoisotopic (exact) mass is 372 g/mol. The molecule has 0 spiro atoms. The number of allylic oxidation sites excluding steroid dienone is 1. The number of hydrogen-bond donors (Lipinski definition) is 1. The van der Waals surface area contributed by atoms with Crippen LogP contribution in [0, 0.1) is 0 Å². The quantitative estimate of drug-likeness (QED) is 0.126. The van der Waals surface area contributed by atoms with Crippen LogP contribution in [0.4, 0.5) is 0 Å². The smallest absolute Gasteiger partial charge is 0.550 e. The molecule has 0 saturated carbocycles. The molecule has 0 aromatic heterocycles. The normalized spacial score (nSPS) is 12.0. The SMILES string of the molecule is C=CCCCCCCCCCOC(=O)C(CC(=O)[O-])S(=O)(=O)O.[Na+]. The van der Waals surface area contributed by atoms with E-state index in [-0.39, 0.29) is 36.2 Å². The first-order valence-corrected chi connectivity index (χ1v) is 9.23. The van der Waals surface area contributed by atoms with Gasteiger partial charge in [-0.2, -0.15) is 8.42 Å². The molecular formula is C15H25NaO7S. The fourth-order valence-corrected chi connectivity index (χ4v) is 2.66. The Morgan fingerprint density at radius 1 is 1.08 bits per heavy atom. The van der Waals surface area contributed by atoms with E-state index in [2.05, 4.69) is 6.58 Å². The number of carboxylic acids is 1. The van der Waals surface area contributed by atoms with Gasteiger partial charge in [0.15, 0.2) is 5.25 Å². The summed E-state index contributed by atoms with van der Waals surface area (Å²) in [4.78, 5) is 21.9. The summed E-state index contributed by atoms with van der Waals surface area (Å²) < 4.78 is 35.4. The molecule has 0 rings (SSSR count). The van der Waals surface area contributed by atoms with E-state index < -0.39 is 33.7 Å². The summed E-state index contributed by atoms with van der Waals surface area (Å²) in [6.07, 6.45) is 8.65. The molecule has 0 heterocycles. The van der Waals surface area contributed by atoms with E-state index in [0.29, 0.717) is 6.42 Å². The maximum absolute atomic E-state index is 11.5. The van der Waals surface area contributed by atoms with Gasteiger partial charge in [0.1, 0.15) is 0 Å².